The number of benzene rings is 1. The van der Waals surface area contributed by atoms with Gasteiger partial charge in [0.1, 0.15) is 11.0 Å². The van der Waals surface area contributed by atoms with Crippen LogP contribution in [0.15, 0.2) is 40.2 Å². The Morgan fingerprint density at radius 2 is 2.12 bits per heavy atom. The molecule has 0 spiro atoms. The van der Waals surface area contributed by atoms with Crippen molar-refractivity contribution in [3.05, 3.63) is 50.1 Å². The molecule has 1 N–H and O–H groups in total. The first-order valence-corrected chi connectivity index (χ1v) is 10.2. The number of para-hydroxylation sites is 1. The topological polar surface area (TPSA) is 53.4 Å². The lowest BCUT2D eigenvalue weighted by atomic mass is 10.1. The van der Waals surface area contributed by atoms with Gasteiger partial charge in [-0.3, -0.25) is 9.69 Å². The van der Waals surface area contributed by atoms with E-state index in [4.69, 9.17) is 4.98 Å². The second-order valence-electron chi connectivity index (χ2n) is 5.80. The number of likely N-dealkylation sites (tertiary alicyclic amines) is 1. The molecule has 1 saturated heterocycles. The lowest BCUT2D eigenvalue weighted by molar-refractivity contribution is -0.142. The molecule has 2 atom stereocenters. The predicted molar refractivity (Wildman–Crippen MR) is 101 cm³/mol. The summed E-state index contributed by atoms with van der Waals surface area (Å²) < 4.78 is 2.19. The minimum Gasteiger partial charge on any atom is -0.480 e. The van der Waals surface area contributed by atoms with Crippen molar-refractivity contribution in [1.82, 2.24) is 9.88 Å². The van der Waals surface area contributed by atoms with E-state index in [0.717, 1.165) is 36.9 Å². The standard InChI is InChI=1S/C17H15BrN2O2S2/c18-14-8-7-13(23-14)15(20-9-3-5-11(20)17(21)22)16-19-10-4-1-2-6-12(10)24-16/h1-2,4,6-8,11,15H,3,5,9H2,(H,21,22). The van der Waals surface area contributed by atoms with Crippen molar-refractivity contribution < 1.29 is 9.90 Å². The zero-order valence-corrected chi connectivity index (χ0v) is 15.9. The van der Waals surface area contributed by atoms with Crippen LogP contribution in [0.2, 0.25) is 0 Å². The van der Waals surface area contributed by atoms with Gasteiger partial charge in [0.25, 0.3) is 0 Å². The Balaban J connectivity index is 1.82. The highest BCUT2D eigenvalue weighted by Gasteiger charge is 2.38. The average Bonchev–Trinajstić information content (AvgIpc) is 3.27. The van der Waals surface area contributed by atoms with Crippen molar-refractivity contribution in [3.8, 4) is 0 Å². The van der Waals surface area contributed by atoms with E-state index in [1.165, 1.54) is 0 Å². The number of carboxylic acid groups (broad SMARTS) is 1. The van der Waals surface area contributed by atoms with E-state index in [1.807, 2.05) is 24.3 Å². The van der Waals surface area contributed by atoms with Crippen LogP contribution in [-0.4, -0.2) is 33.5 Å². The van der Waals surface area contributed by atoms with Crippen LogP contribution >= 0.6 is 38.6 Å². The number of rotatable bonds is 4. The molecule has 0 bridgehead atoms. The van der Waals surface area contributed by atoms with E-state index >= 15 is 0 Å². The number of aromatic nitrogens is 1. The largest absolute Gasteiger partial charge is 0.480 e. The molecular weight excluding hydrogens is 408 g/mol. The quantitative estimate of drug-likeness (QED) is 0.658. The average molecular weight is 423 g/mol. The van der Waals surface area contributed by atoms with E-state index in [1.54, 1.807) is 22.7 Å². The number of halogens is 1. The zero-order chi connectivity index (χ0) is 16.7. The number of aliphatic carboxylic acids is 1. The molecule has 2 unspecified atom stereocenters. The first kappa shape index (κ1) is 16.2. The molecule has 4 nitrogen and oxygen atoms in total. The van der Waals surface area contributed by atoms with E-state index in [0.29, 0.717) is 6.42 Å². The molecule has 24 heavy (non-hydrogen) atoms. The van der Waals surface area contributed by atoms with Gasteiger partial charge in [-0.1, -0.05) is 12.1 Å². The van der Waals surface area contributed by atoms with Crippen molar-refractivity contribution >= 4 is 54.8 Å². The minimum atomic E-state index is -0.741. The molecule has 4 rings (SSSR count). The highest BCUT2D eigenvalue weighted by molar-refractivity contribution is 9.11. The summed E-state index contributed by atoms with van der Waals surface area (Å²) in [5.41, 5.74) is 0.976. The van der Waals surface area contributed by atoms with Gasteiger partial charge in [0.2, 0.25) is 0 Å². The molecular formula is C17H15BrN2O2S2. The summed E-state index contributed by atoms with van der Waals surface area (Å²) >= 11 is 6.83. The molecule has 1 aliphatic heterocycles. The summed E-state index contributed by atoms with van der Waals surface area (Å²) in [7, 11) is 0. The van der Waals surface area contributed by atoms with Gasteiger partial charge in [-0.2, -0.15) is 0 Å². The van der Waals surface area contributed by atoms with Gasteiger partial charge in [0.15, 0.2) is 0 Å². The molecule has 0 saturated carbocycles. The van der Waals surface area contributed by atoms with Gasteiger partial charge < -0.3 is 5.11 Å². The first-order valence-electron chi connectivity index (χ1n) is 7.73. The maximum atomic E-state index is 11.7. The Hall–Kier alpha value is -1.28. The Labute approximate surface area is 155 Å². The van der Waals surface area contributed by atoms with Crippen LogP contribution in [0.25, 0.3) is 10.2 Å². The van der Waals surface area contributed by atoms with Gasteiger partial charge in [-0.05, 0) is 53.0 Å². The third kappa shape index (κ3) is 2.90. The molecule has 1 aliphatic rings. The lowest BCUT2D eigenvalue weighted by Gasteiger charge is -2.29. The normalized spacial score (nSPS) is 19.8. The minimum absolute atomic E-state index is 0.0951. The second-order valence-corrected chi connectivity index (χ2v) is 9.36. The molecule has 2 aromatic heterocycles. The van der Waals surface area contributed by atoms with Crippen LogP contribution in [0.1, 0.15) is 28.8 Å². The number of fused-ring (bicyclic) bond motifs is 1. The number of carboxylic acids is 1. The maximum absolute atomic E-state index is 11.7. The molecule has 3 heterocycles. The lowest BCUT2D eigenvalue weighted by Crippen LogP contribution is -2.38. The van der Waals surface area contributed by atoms with Crippen molar-refractivity contribution in [1.29, 1.82) is 0 Å². The van der Waals surface area contributed by atoms with Gasteiger partial charge in [-0.25, -0.2) is 4.98 Å². The Kier molecular flexibility index (Phi) is 4.42. The predicted octanol–water partition coefficient (Wildman–Crippen LogP) is 4.76. The van der Waals surface area contributed by atoms with Crippen LogP contribution in [0.4, 0.5) is 0 Å². The van der Waals surface area contributed by atoms with Gasteiger partial charge in [0.05, 0.1) is 20.0 Å². The number of nitrogens with zero attached hydrogens (tertiary/aromatic N) is 2. The SMILES string of the molecule is O=C(O)C1CCCN1C(c1ccc(Br)s1)c1nc2ccccc2s1. The molecule has 1 aromatic carbocycles. The molecule has 0 aliphatic carbocycles. The summed E-state index contributed by atoms with van der Waals surface area (Å²) in [6, 6.07) is 11.6. The van der Waals surface area contributed by atoms with Crippen LogP contribution in [0, 0.1) is 0 Å². The molecule has 1 fully saturated rings. The highest BCUT2D eigenvalue weighted by atomic mass is 79.9. The molecule has 0 radical (unpaired) electrons. The zero-order valence-electron chi connectivity index (χ0n) is 12.7. The number of hydrogen-bond acceptors (Lipinski definition) is 5. The number of thiazole rings is 1. The maximum Gasteiger partial charge on any atom is 0.320 e. The third-order valence-electron chi connectivity index (χ3n) is 4.32. The number of carbonyl (C=O) groups is 1. The smallest absolute Gasteiger partial charge is 0.320 e. The number of thiophene rings is 1. The monoisotopic (exact) mass is 422 g/mol. The summed E-state index contributed by atoms with van der Waals surface area (Å²) in [6.45, 7) is 0.785. The van der Waals surface area contributed by atoms with Crippen molar-refractivity contribution in [2.45, 2.75) is 24.9 Å². The van der Waals surface area contributed by atoms with Crippen LogP contribution in [0.5, 0.6) is 0 Å². The van der Waals surface area contributed by atoms with Crippen molar-refractivity contribution in [3.63, 3.8) is 0 Å². The fourth-order valence-electron chi connectivity index (χ4n) is 3.27. The van der Waals surface area contributed by atoms with E-state index < -0.39 is 12.0 Å². The van der Waals surface area contributed by atoms with E-state index in [9.17, 15) is 9.90 Å². The van der Waals surface area contributed by atoms with Gasteiger partial charge >= 0.3 is 5.97 Å². The first-order chi connectivity index (χ1) is 11.6. The van der Waals surface area contributed by atoms with Gasteiger partial charge in [-0.15, -0.1) is 22.7 Å². The summed E-state index contributed by atoms with van der Waals surface area (Å²) in [5.74, 6) is -0.741. The van der Waals surface area contributed by atoms with Gasteiger partial charge in [0, 0.05) is 11.4 Å². The Bertz CT molecular complexity index is 858. The van der Waals surface area contributed by atoms with E-state index in [-0.39, 0.29) is 6.04 Å². The second kappa shape index (κ2) is 6.55. The Morgan fingerprint density at radius 3 is 2.83 bits per heavy atom. The molecule has 3 aromatic rings. The molecule has 124 valence electrons. The van der Waals surface area contributed by atoms with Crippen LogP contribution < -0.4 is 0 Å². The summed E-state index contributed by atoms with van der Waals surface area (Å²) in [6.07, 6.45) is 1.61. The fraction of sp³-hybridized carbons (Fsp3) is 0.294. The fourth-order valence-corrected chi connectivity index (χ4v) is 6.00. The molecule has 0 amide bonds. The third-order valence-corrected chi connectivity index (χ3v) is 7.08. The number of hydrogen-bond donors (Lipinski definition) is 1. The highest BCUT2D eigenvalue weighted by Crippen LogP contribution is 2.41. The van der Waals surface area contributed by atoms with E-state index in [2.05, 4.69) is 33.0 Å². The van der Waals surface area contributed by atoms with Crippen LogP contribution in [0.3, 0.4) is 0 Å². The molecule has 7 heteroatoms. The summed E-state index contributed by atoms with van der Waals surface area (Å²) in [4.78, 5) is 19.7. The summed E-state index contributed by atoms with van der Waals surface area (Å²) in [5, 5.41) is 10.6. The Morgan fingerprint density at radius 1 is 1.29 bits per heavy atom. The van der Waals surface area contributed by atoms with Crippen molar-refractivity contribution in [2.24, 2.45) is 0 Å². The van der Waals surface area contributed by atoms with Crippen molar-refractivity contribution in [2.75, 3.05) is 6.54 Å². The van der Waals surface area contributed by atoms with Crippen LogP contribution in [-0.2, 0) is 4.79 Å².